The van der Waals surface area contributed by atoms with Gasteiger partial charge in [-0.2, -0.15) is 0 Å². The van der Waals surface area contributed by atoms with E-state index in [-0.39, 0.29) is 12.4 Å². The van der Waals surface area contributed by atoms with Gasteiger partial charge in [0.15, 0.2) is 12.4 Å². The molecule has 0 radical (unpaired) electrons. The first kappa shape index (κ1) is 16.1. The van der Waals surface area contributed by atoms with E-state index < -0.39 is 6.03 Å². The van der Waals surface area contributed by atoms with Crippen LogP contribution in [0.4, 0.5) is 10.5 Å². The van der Waals surface area contributed by atoms with Crippen molar-refractivity contribution in [2.75, 3.05) is 11.9 Å². The lowest BCUT2D eigenvalue weighted by atomic mass is 10.1. The number of Topliss-reactive ketones (excluding diaryl/α,β-unsaturated/α-hetero) is 1. The van der Waals surface area contributed by atoms with E-state index in [2.05, 4.69) is 5.32 Å². The van der Waals surface area contributed by atoms with Crippen LogP contribution in [0.15, 0.2) is 42.5 Å². The Morgan fingerprint density at radius 2 is 1.77 bits per heavy atom. The summed E-state index contributed by atoms with van der Waals surface area (Å²) in [6, 6.07) is 10.4. The third-order valence-electron chi connectivity index (χ3n) is 2.73. The van der Waals surface area contributed by atoms with Gasteiger partial charge in [-0.05, 0) is 42.5 Å². The van der Waals surface area contributed by atoms with E-state index in [1.54, 1.807) is 36.4 Å². The van der Waals surface area contributed by atoms with Crippen molar-refractivity contribution in [3.63, 3.8) is 0 Å². The van der Waals surface area contributed by atoms with Crippen LogP contribution < -0.4 is 15.8 Å². The molecule has 22 heavy (non-hydrogen) atoms. The first-order chi connectivity index (χ1) is 10.5. The Hall–Kier alpha value is -2.24. The summed E-state index contributed by atoms with van der Waals surface area (Å²) in [6.07, 6.45) is 0. The number of hydrogen-bond acceptors (Lipinski definition) is 3. The van der Waals surface area contributed by atoms with Gasteiger partial charge in [0.1, 0.15) is 5.75 Å². The molecule has 7 heteroatoms. The fourth-order valence-electron chi connectivity index (χ4n) is 1.70. The molecule has 0 spiro atoms. The summed E-state index contributed by atoms with van der Waals surface area (Å²) in [4.78, 5) is 22.7. The van der Waals surface area contributed by atoms with Crippen LogP contribution in [-0.2, 0) is 0 Å². The molecule has 114 valence electrons. The van der Waals surface area contributed by atoms with Gasteiger partial charge in [-0.3, -0.25) is 4.79 Å². The average Bonchev–Trinajstić information content (AvgIpc) is 2.46. The molecule has 2 amide bonds. The average molecular weight is 339 g/mol. The number of hydrogen-bond donors (Lipinski definition) is 2. The van der Waals surface area contributed by atoms with Crippen LogP contribution in [0.3, 0.4) is 0 Å². The summed E-state index contributed by atoms with van der Waals surface area (Å²) in [7, 11) is 0. The van der Waals surface area contributed by atoms with Crippen LogP contribution in [0, 0.1) is 0 Å². The summed E-state index contributed by atoms with van der Waals surface area (Å²) in [6.45, 7) is -0.163. The zero-order valence-corrected chi connectivity index (χ0v) is 12.8. The van der Waals surface area contributed by atoms with Crippen LogP contribution >= 0.6 is 23.2 Å². The molecule has 0 aliphatic heterocycles. The van der Waals surface area contributed by atoms with Crippen molar-refractivity contribution in [3.05, 3.63) is 58.1 Å². The van der Waals surface area contributed by atoms with Gasteiger partial charge >= 0.3 is 6.03 Å². The van der Waals surface area contributed by atoms with Gasteiger partial charge in [0.2, 0.25) is 0 Å². The smallest absolute Gasteiger partial charge is 0.316 e. The van der Waals surface area contributed by atoms with E-state index in [0.717, 1.165) is 0 Å². The summed E-state index contributed by atoms with van der Waals surface area (Å²) < 4.78 is 5.37. The molecule has 0 saturated heterocycles. The number of anilines is 1. The van der Waals surface area contributed by atoms with Crippen LogP contribution in [0.25, 0.3) is 0 Å². The molecular weight excluding hydrogens is 327 g/mol. The highest BCUT2D eigenvalue weighted by Crippen LogP contribution is 2.27. The molecule has 2 aromatic rings. The van der Waals surface area contributed by atoms with Gasteiger partial charge < -0.3 is 15.8 Å². The van der Waals surface area contributed by atoms with E-state index in [9.17, 15) is 9.59 Å². The number of halogens is 2. The van der Waals surface area contributed by atoms with Crippen LogP contribution in [0.1, 0.15) is 10.4 Å². The number of ketones is 1. The van der Waals surface area contributed by atoms with E-state index in [4.69, 9.17) is 33.7 Å². The lowest BCUT2D eigenvalue weighted by Crippen LogP contribution is -2.19. The zero-order valence-electron chi connectivity index (χ0n) is 11.3. The summed E-state index contributed by atoms with van der Waals surface area (Å²) in [5.74, 6) is 0.156. The number of amides is 2. The van der Waals surface area contributed by atoms with Gasteiger partial charge in [0.25, 0.3) is 0 Å². The highest BCUT2D eigenvalue weighted by Gasteiger charge is 2.09. The first-order valence-corrected chi connectivity index (χ1v) is 6.99. The van der Waals surface area contributed by atoms with Gasteiger partial charge in [-0.1, -0.05) is 23.2 Å². The van der Waals surface area contributed by atoms with Crippen LogP contribution in [-0.4, -0.2) is 18.4 Å². The standard InChI is InChI=1S/C15H12Cl2N2O3/c16-10-3-6-14(12(17)7-10)22-8-13(20)9-1-4-11(5-2-9)19-15(18)21/h1-7H,8H2,(H3,18,19,21). The normalized spacial score (nSPS) is 10.1. The molecule has 0 aromatic heterocycles. The third-order valence-corrected chi connectivity index (χ3v) is 3.26. The monoisotopic (exact) mass is 338 g/mol. The van der Waals surface area contributed by atoms with Gasteiger partial charge in [0.05, 0.1) is 5.02 Å². The van der Waals surface area contributed by atoms with Crippen molar-refractivity contribution >= 4 is 40.7 Å². The van der Waals surface area contributed by atoms with E-state index in [1.807, 2.05) is 0 Å². The lowest BCUT2D eigenvalue weighted by molar-refractivity contribution is 0.0921. The molecule has 0 bridgehead atoms. The van der Waals surface area contributed by atoms with Crippen molar-refractivity contribution < 1.29 is 14.3 Å². The number of carbonyl (C=O) groups excluding carboxylic acids is 2. The van der Waals surface area contributed by atoms with Crippen molar-refractivity contribution in [2.24, 2.45) is 5.73 Å². The van der Waals surface area contributed by atoms with Gasteiger partial charge in [-0.25, -0.2) is 4.79 Å². The summed E-state index contributed by atoms with van der Waals surface area (Å²) >= 11 is 11.7. The van der Waals surface area contributed by atoms with Crippen molar-refractivity contribution in [1.29, 1.82) is 0 Å². The van der Waals surface area contributed by atoms with E-state index >= 15 is 0 Å². The number of benzene rings is 2. The lowest BCUT2D eigenvalue weighted by Gasteiger charge is -2.08. The van der Waals surface area contributed by atoms with Gasteiger partial charge in [-0.15, -0.1) is 0 Å². The predicted molar refractivity (Wildman–Crippen MR) is 85.9 cm³/mol. The van der Waals surface area contributed by atoms with Gasteiger partial charge in [0, 0.05) is 16.3 Å². The molecule has 2 rings (SSSR count). The minimum absolute atomic E-state index is 0.163. The second kappa shape index (κ2) is 7.15. The molecule has 0 saturated carbocycles. The maximum absolute atomic E-state index is 12.0. The number of urea groups is 1. The largest absolute Gasteiger partial charge is 0.484 e. The Morgan fingerprint density at radius 1 is 1.09 bits per heavy atom. The minimum atomic E-state index is -0.667. The minimum Gasteiger partial charge on any atom is -0.484 e. The molecular formula is C15H12Cl2N2O3. The Morgan fingerprint density at radius 3 is 2.36 bits per heavy atom. The number of nitrogens with one attached hydrogen (secondary N) is 1. The molecule has 0 aliphatic carbocycles. The molecule has 0 heterocycles. The highest BCUT2D eigenvalue weighted by atomic mass is 35.5. The van der Waals surface area contributed by atoms with E-state index in [0.29, 0.717) is 27.0 Å². The SMILES string of the molecule is NC(=O)Nc1ccc(C(=O)COc2ccc(Cl)cc2Cl)cc1. The van der Waals surface area contributed by atoms with Crippen LogP contribution in [0.5, 0.6) is 5.75 Å². The molecule has 0 aliphatic rings. The highest BCUT2D eigenvalue weighted by molar-refractivity contribution is 6.35. The number of rotatable bonds is 5. The van der Waals surface area contributed by atoms with E-state index in [1.165, 1.54) is 6.07 Å². The number of nitrogens with two attached hydrogens (primary N) is 1. The Kier molecular flexibility index (Phi) is 5.25. The molecule has 5 nitrogen and oxygen atoms in total. The zero-order chi connectivity index (χ0) is 16.1. The quantitative estimate of drug-likeness (QED) is 0.814. The van der Waals surface area contributed by atoms with Crippen molar-refractivity contribution in [3.8, 4) is 5.75 Å². The fraction of sp³-hybridized carbons (Fsp3) is 0.0667. The molecule has 3 N–H and O–H groups in total. The summed E-state index contributed by atoms with van der Waals surface area (Å²) in [5, 5.41) is 3.23. The maximum Gasteiger partial charge on any atom is 0.316 e. The second-order valence-electron chi connectivity index (χ2n) is 4.35. The second-order valence-corrected chi connectivity index (χ2v) is 5.20. The molecule has 0 atom stereocenters. The Balaban J connectivity index is 1.98. The third kappa shape index (κ3) is 4.38. The topological polar surface area (TPSA) is 81.4 Å². The molecule has 0 fully saturated rings. The Bertz CT molecular complexity index is 702. The predicted octanol–water partition coefficient (Wildman–Crippen LogP) is 3.75. The molecule has 2 aromatic carbocycles. The number of carbonyl (C=O) groups is 2. The maximum atomic E-state index is 12.0. The van der Waals surface area contributed by atoms with Crippen molar-refractivity contribution in [1.82, 2.24) is 0 Å². The Labute approximate surface area is 137 Å². The van der Waals surface area contributed by atoms with Crippen molar-refractivity contribution in [2.45, 2.75) is 0 Å². The number of primary amides is 1. The number of ether oxygens (including phenoxy) is 1. The molecule has 0 unspecified atom stereocenters. The first-order valence-electron chi connectivity index (χ1n) is 6.23. The van der Waals surface area contributed by atoms with Crippen LogP contribution in [0.2, 0.25) is 10.0 Å². The fourth-order valence-corrected chi connectivity index (χ4v) is 2.16. The summed E-state index contributed by atoms with van der Waals surface area (Å²) in [5.41, 5.74) is 5.95.